The number of carboxylic acid groups (broad SMARTS) is 1. The Morgan fingerprint density at radius 2 is 1.20 bits per heavy atom. The summed E-state index contributed by atoms with van der Waals surface area (Å²) in [5.74, 6) is -10.8. The number of halogens is 3. The summed E-state index contributed by atoms with van der Waals surface area (Å²) >= 11 is 0. The van der Waals surface area contributed by atoms with Crippen LogP contribution in [0.25, 0.3) is 11.0 Å². The number of carbonyl (C=O) groups excluding carboxylic acids is 10. The van der Waals surface area contributed by atoms with E-state index in [1.165, 1.54) is 42.9 Å². The largest absolute Gasteiger partial charge is 0.497 e. The van der Waals surface area contributed by atoms with Gasteiger partial charge in [0.2, 0.25) is 59.1 Å². The Kier molecular flexibility index (Phi) is 32.2. The lowest BCUT2D eigenvalue weighted by atomic mass is 10.0. The van der Waals surface area contributed by atoms with Crippen LogP contribution in [0.1, 0.15) is 118 Å². The van der Waals surface area contributed by atoms with E-state index in [1.54, 1.807) is 39.8 Å². The Hall–Kier alpha value is -10.8. The third-order valence-electron chi connectivity index (χ3n) is 16.2. The van der Waals surface area contributed by atoms with Gasteiger partial charge < -0.3 is 89.5 Å². The summed E-state index contributed by atoms with van der Waals surface area (Å²) in [4.78, 5) is 189. The van der Waals surface area contributed by atoms with Crippen LogP contribution in [0.4, 0.5) is 30.2 Å². The third kappa shape index (κ3) is 25.8. The van der Waals surface area contributed by atoms with Gasteiger partial charge in [0, 0.05) is 49.8 Å². The molecule has 102 heavy (non-hydrogen) atoms. The van der Waals surface area contributed by atoms with E-state index in [9.17, 15) is 86.1 Å². The molecule has 17 N–H and O–H groups in total. The maximum absolute atomic E-state index is 14.6. The van der Waals surface area contributed by atoms with E-state index in [4.69, 9.17) is 42.0 Å². The summed E-state index contributed by atoms with van der Waals surface area (Å²) in [6.07, 6.45) is -2.61. The van der Waals surface area contributed by atoms with Gasteiger partial charge in [-0.05, 0) is 127 Å². The molecule has 10 amide bonds. The van der Waals surface area contributed by atoms with Crippen molar-refractivity contribution in [3.8, 4) is 5.75 Å². The number of rotatable bonds is 36. The van der Waals surface area contributed by atoms with Gasteiger partial charge >= 0.3 is 17.8 Å². The first-order valence-electron chi connectivity index (χ1n) is 32.7. The van der Waals surface area contributed by atoms with Crippen molar-refractivity contribution in [3.05, 3.63) is 78.7 Å². The number of nitro benzene ring substituents is 2. The average molecular weight is 1450 g/mol. The molecular weight excluding hydrogens is 1360 g/mol. The molecule has 39 heteroatoms. The molecule has 562 valence electrons. The number of carboxylic acids is 1. The Balaban J connectivity index is 0.00000298. The lowest BCUT2D eigenvalue weighted by molar-refractivity contribution is -0.393. The van der Waals surface area contributed by atoms with Gasteiger partial charge in [-0.15, -0.1) is 0 Å². The van der Waals surface area contributed by atoms with E-state index in [0.717, 1.165) is 12.1 Å². The first-order valence-corrected chi connectivity index (χ1v) is 32.7. The molecule has 36 nitrogen and oxygen atoms in total. The number of nitrogens with two attached hydrogens (primary N) is 4. The number of amides is 10. The number of anilines is 1. The van der Waals surface area contributed by atoms with Gasteiger partial charge in [-0.1, -0.05) is 27.7 Å². The number of benzene rings is 2. The van der Waals surface area contributed by atoms with Crippen LogP contribution in [-0.4, -0.2) is 196 Å². The van der Waals surface area contributed by atoms with Crippen LogP contribution in [0.5, 0.6) is 5.75 Å². The molecule has 0 unspecified atom stereocenters. The molecular formula is C63H90F3N17O19. The molecule has 0 aliphatic carbocycles. The first kappa shape index (κ1) is 83.7. The summed E-state index contributed by atoms with van der Waals surface area (Å²) in [5, 5.41) is 52.0. The zero-order chi connectivity index (χ0) is 76.5. The highest BCUT2D eigenvalue weighted by Crippen LogP contribution is 2.30. The minimum atomic E-state index is -5.08. The maximum Gasteiger partial charge on any atom is 0.490 e. The standard InChI is InChI=1S/C61H89N17O17.C2HF3O2/c1-32(2)25-43(73-59(88)47-16-12-24-76(47)60(89)42(13-8-9-21-62)71-58(87)46-15-11-23-75(46)50(79)27-36-28-51(80)95-49-30-38(94-7)18-19-39(36)49)55(84)68-35(6)54(83)72-44(26-33(3)4)56(85)74-45(31-67-40-20-17-37(77(90)91)29-48(40)78(92)93)57(86)69-34(5)53(82)70-41(52(63)81)14-10-22-66-61(64)65;3-2(4,5)1(6)7/h17-20,28-30,32-35,41-47,67H,8-16,21-27,31,62H2,1-7H3,(H2,63,81)(H,68,84)(H,69,86)(H,70,82)(H,71,87)(H,72,83)(H,73,88)(H,74,85)(H4,64,65,66);(H,6,7)/t34-,35-,41-,42-,43-,44-,45-,46-,47-;/m0./s1. The molecule has 2 aromatic carbocycles. The number of aliphatic imine (C=N–C) groups is 1. The Morgan fingerprint density at radius 3 is 1.73 bits per heavy atom. The summed E-state index contributed by atoms with van der Waals surface area (Å²) in [6.45, 7) is 9.73. The zero-order valence-corrected chi connectivity index (χ0v) is 57.4. The number of nitrogens with one attached hydrogen (secondary N) is 8. The summed E-state index contributed by atoms with van der Waals surface area (Å²) in [5.41, 5.74) is 20.3. The van der Waals surface area contributed by atoms with Gasteiger partial charge in [0.1, 0.15) is 71.4 Å². The second-order valence-corrected chi connectivity index (χ2v) is 25.1. The molecule has 0 spiro atoms. The van der Waals surface area contributed by atoms with Crippen LogP contribution in [0, 0.1) is 32.1 Å². The SMILES string of the molecule is COc1ccc2c(CC(=O)N3CCC[C@H]3C(=O)N[C@@H](CCCCN)C(=O)N3CCC[C@H]3C(=O)N[C@@H](CC(C)C)C(=O)N[C@@H](C)C(=O)N[C@@H](CC(C)C)C(=O)N[C@@H](CNc3ccc([N+](=O)[O-])cc3[N+](=O)[O-])C(=O)N[C@@H](C)C(=O)N[C@@H](CCCN=C(N)N)C(N)=O)cc(=O)oc2c1.O=C(O)C(F)(F)F. The van der Waals surface area contributed by atoms with E-state index in [1.807, 2.05) is 0 Å². The van der Waals surface area contributed by atoms with Crippen molar-refractivity contribution in [2.24, 2.45) is 39.8 Å². The number of nitrogens with zero attached hydrogens (tertiary/aromatic N) is 5. The smallest absolute Gasteiger partial charge is 0.490 e. The van der Waals surface area contributed by atoms with Gasteiger partial charge in [-0.3, -0.25) is 73.2 Å². The van der Waals surface area contributed by atoms with Crippen molar-refractivity contribution in [3.63, 3.8) is 0 Å². The number of methoxy groups -OCH3 is 1. The van der Waals surface area contributed by atoms with Crippen LogP contribution >= 0.6 is 0 Å². The number of likely N-dealkylation sites (tertiary alicyclic amines) is 2. The maximum atomic E-state index is 14.6. The van der Waals surface area contributed by atoms with Gasteiger partial charge in [0.05, 0.1) is 29.4 Å². The number of fused-ring (bicyclic) bond motifs is 1. The van der Waals surface area contributed by atoms with Crippen molar-refractivity contribution in [2.45, 2.75) is 179 Å². The number of nitro groups is 2. The fraction of sp³-hybridized carbons (Fsp3) is 0.571. The predicted octanol–water partition coefficient (Wildman–Crippen LogP) is 0.0814. The Bertz CT molecular complexity index is 3630. The number of non-ortho nitro benzene ring substituents is 1. The summed E-state index contributed by atoms with van der Waals surface area (Å²) < 4.78 is 42.3. The second-order valence-electron chi connectivity index (χ2n) is 25.1. The molecule has 2 saturated heterocycles. The quantitative estimate of drug-likeness (QED) is 0.00915. The molecule has 3 aromatic rings. The van der Waals surface area contributed by atoms with E-state index in [-0.39, 0.29) is 93.6 Å². The number of primary amides is 1. The predicted molar refractivity (Wildman–Crippen MR) is 360 cm³/mol. The number of aliphatic carboxylic acids is 1. The lowest BCUT2D eigenvalue weighted by Gasteiger charge is -2.31. The highest BCUT2D eigenvalue weighted by molar-refractivity contribution is 5.99. The summed E-state index contributed by atoms with van der Waals surface area (Å²) in [7, 11) is 1.46. The number of guanidine groups is 1. The third-order valence-corrected chi connectivity index (χ3v) is 16.2. The molecule has 3 heterocycles. The van der Waals surface area contributed by atoms with E-state index >= 15 is 0 Å². The fourth-order valence-corrected chi connectivity index (χ4v) is 11.1. The molecule has 0 saturated carbocycles. The van der Waals surface area contributed by atoms with Crippen molar-refractivity contribution in [2.75, 3.05) is 45.2 Å². The van der Waals surface area contributed by atoms with Crippen LogP contribution < -0.4 is 75.8 Å². The topological polar surface area (TPSA) is 553 Å². The van der Waals surface area contributed by atoms with Gasteiger partial charge in [-0.25, -0.2) is 9.59 Å². The number of unbranched alkanes of at least 4 members (excludes halogenated alkanes) is 1. The number of ether oxygens (including phenoxy) is 1. The van der Waals surface area contributed by atoms with Crippen LogP contribution in [-0.2, 0) is 59.2 Å². The number of hydrogen-bond acceptors (Lipinski definition) is 21. The number of alkyl halides is 3. The van der Waals surface area contributed by atoms with Crippen molar-refractivity contribution in [1.29, 1.82) is 0 Å². The van der Waals surface area contributed by atoms with E-state index in [0.29, 0.717) is 61.4 Å². The van der Waals surface area contributed by atoms with Crippen molar-refractivity contribution >= 4 is 99.0 Å². The number of carbonyl (C=O) groups is 11. The van der Waals surface area contributed by atoms with Crippen LogP contribution in [0.15, 0.2) is 56.7 Å². The zero-order valence-electron chi connectivity index (χ0n) is 57.4. The van der Waals surface area contributed by atoms with Gasteiger partial charge in [0.25, 0.3) is 11.4 Å². The minimum absolute atomic E-state index is 0.00775. The first-order chi connectivity index (χ1) is 47.9. The van der Waals surface area contributed by atoms with Crippen molar-refractivity contribution in [1.82, 2.24) is 47.0 Å². The Labute approximate surface area is 582 Å². The molecule has 2 aliphatic rings. The van der Waals surface area contributed by atoms with Crippen molar-refractivity contribution < 1.29 is 90.0 Å². The monoisotopic (exact) mass is 1450 g/mol. The molecule has 5 rings (SSSR count). The average Bonchev–Trinajstić information content (AvgIpc) is 1.31. The molecule has 2 fully saturated rings. The minimum Gasteiger partial charge on any atom is -0.497 e. The highest BCUT2D eigenvalue weighted by Gasteiger charge is 2.42. The normalized spacial score (nSPS) is 16.2. The Morgan fingerprint density at radius 1 is 0.676 bits per heavy atom. The van der Waals surface area contributed by atoms with Gasteiger partial charge in [0.15, 0.2) is 5.96 Å². The molecule has 0 radical (unpaired) electrons. The molecule has 9 atom stereocenters. The van der Waals surface area contributed by atoms with Gasteiger partial charge in [-0.2, -0.15) is 13.2 Å². The van der Waals surface area contributed by atoms with E-state index < -0.39 is 159 Å². The number of hydrogen-bond donors (Lipinski definition) is 13. The molecule has 0 bridgehead atoms. The van der Waals surface area contributed by atoms with E-state index in [2.05, 4.69) is 47.5 Å². The highest BCUT2D eigenvalue weighted by atomic mass is 19.4. The van der Waals surface area contributed by atoms with Crippen LogP contribution in [0.2, 0.25) is 0 Å². The second kappa shape index (κ2) is 39.3. The fourth-order valence-electron chi connectivity index (χ4n) is 11.1. The molecule has 1 aromatic heterocycles. The lowest BCUT2D eigenvalue weighted by Crippen LogP contribution is -2.60. The molecule has 2 aliphatic heterocycles. The summed E-state index contributed by atoms with van der Waals surface area (Å²) in [6, 6.07) is -2.84. The van der Waals surface area contributed by atoms with Crippen LogP contribution in [0.3, 0.4) is 0 Å².